The van der Waals surface area contributed by atoms with Gasteiger partial charge >= 0.3 is 0 Å². The molecule has 2 aliphatic heterocycles. The van der Waals surface area contributed by atoms with Gasteiger partial charge in [0, 0.05) is 0 Å². The fourth-order valence-electron chi connectivity index (χ4n) is 2.57. The fraction of sp³-hybridized carbons (Fsp3) is 0.857. The van der Waals surface area contributed by atoms with Crippen LogP contribution in [0.3, 0.4) is 0 Å². The molecule has 0 aromatic carbocycles. The molecule has 2 rings (SSSR count). The summed E-state index contributed by atoms with van der Waals surface area (Å²) >= 11 is 0. The van der Waals surface area contributed by atoms with Crippen LogP contribution in [0, 0.1) is 11.8 Å². The van der Waals surface area contributed by atoms with E-state index in [0.29, 0.717) is 0 Å². The lowest BCUT2D eigenvalue weighted by Crippen LogP contribution is -2.31. The third kappa shape index (κ3) is 4.15. The first-order chi connectivity index (χ1) is 7.95. The summed E-state index contributed by atoms with van der Waals surface area (Å²) in [5, 5.41) is 0. The lowest BCUT2D eigenvalue weighted by Gasteiger charge is -2.25. The topological polar surface area (TPSA) is 6.48 Å². The first-order valence-corrected chi connectivity index (χ1v) is 6.85. The van der Waals surface area contributed by atoms with Gasteiger partial charge in [0.2, 0.25) is 0 Å². The maximum absolute atomic E-state index is 3.34. The van der Waals surface area contributed by atoms with Crippen LogP contribution >= 0.6 is 0 Å². The molecule has 0 unspecified atom stereocenters. The molecule has 0 saturated carbocycles. The van der Waals surface area contributed by atoms with Gasteiger partial charge in [-0.2, -0.15) is 0 Å². The molecule has 0 spiro atoms. The van der Waals surface area contributed by atoms with Crippen molar-refractivity contribution in [2.45, 2.75) is 38.5 Å². The van der Waals surface area contributed by atoms with Crippen LogP contribution in [0.2, 0.25) is 0 Å². The van der Waals surface area contributed by atoms with Gasteiger partial charge in [-0.1, -0.05) is 24.7 Å². The van der Waals surface area contributed by atoms with Crippen LogP contribution in [0.25, 0.3) is 0 Å². The van der Waals surface area contributed by atoms with Crippen molar-refractivity contribution >= 4 is 0 Å². The van der Waals surface area contributed by atoms with E-state index in [-0.39, 0.29) is 0 Å². The van der Waals surface area contributed by atoms with Crippen LogP contribution < -0.4 is 0 Å². The summed E-state index contributed by atoms with van der Waals surface area (Å²) < 4.78 is 0. The molecule has 0 bridgehead atoms. The van der Waals surface area contributed by atoms with Gasteiger partial charge in [0.25, 0.3) is 0 Å². The van der Waals surface area contributed by atoms with E-state index in [9.17, 15) is 0 Å². The Bertz CT molecular complexity index is 215. The molecule has 90 valence electrons. The maximum Gasteiger partial charge on any atom is 0.0602 e. The van der Waals surface area contributed by atoms with Gasteiger partial charge in [-0.25, -0.2) is 0 Å². The summed E-state index contributed by atoms with van der Waals surface area (Å²) in [4.78, 5) is 4.99. The molecule has 0 aliphatic carbocycles. The van der Waals surface area contributed by atoms with Crippen molar-refractivity contribution in [2.75, 3.05) is 39.3 Å². The van der Waals surface area contributed by atoms with E-state index in [1.165, 1.54) is 64.7 Å². The Hall–Kier alpha value is -0.520. The molecular formula is C14H24N2. The van der Waals surface area contributed by atoms with E-state index in [1.54, 1.807) is 0 Å². The number of rotatable bonds is 2. The Kier molecular flexibility index (Phi) is 5.18. The predicted molar refractivity (Wildman–Crippen MR) is 68.4 cm³/mol. The van der Waals surface area contributed by atoms with Crippen molar-refractivity contribution in [2.24, 2.45) is 0 Å². The molecule has 0 radical (unpaired) electrons. The molecule has 0 aromatic heterocycles. The van der Waals surface area contributed by atoms with Gasteiger partial charge in [0.05, 0.1) is 13.1 Å². The second kappa shape index (κ2) is 6.93. The second-order valence-electron chi connectivity index (χ2n) is 5.03. The lowest BCUT2D eigenvalue weighted by atomic mass is 10.1. The quantitative estimate of drug-likeness (QED) is 0.656. The third-order valence-corrected chi connectivity index (χ3v) is 3.63. The Morgan fingerprint density at radius 2 is 0.938 bits per heavy atom. The van der Waals surface area contributed by atoms with E-state index in [0.717, 1.165) is 13.1 Å². The highest BCUT2D eigenvalue weighted by Crippen LogP contribution is 2.08. The van der Waals surface area contributed by atoms with Gasteiger partial charge in [-0.3, -0.25) is 9.80 Å². The molecule has 0 amide bonds. The summed E-state index contributed by atoms with van der Waals surface area (Å²) in [7, 11) is 0. The third-order valence-electron chi connectivity index (χ3n) is 3.63. The zero-order valence-corrected chi connectivity index (χ0v) is 10.4. The second-order valence-corrected chi connectivity index (χ2v) is 5.03. The number of piperidine rings is 2. The minimum Gasteiger partial charge on any atom is -0.292 e. The Balaban J connectivity index is 1.61. The minimum absolute atomic E-state index is 0.994. The monoisotopic (exact) mass is 220 g/mol. The lowest BCUT2D eigenvalue weighted by molar-refractivity contribution is 0.251. The Morgan fingerprint density at radius 1 is 0.562 bits per heavy atom. The SMILES string of the molecule is C(#CCN1CCCCC1)CN1CCCCC1. The van der Waals surface area contributed by atoms with Gasteiger partial charge in [0.1, 0.15) is 0 Å². The van der Waals surface area contributed by atoms with E-state index in [1.807, 2.05) is 0 Å². The zero-order chi connectivity index (χ0) is 11.1. The highest BCUT2D eigenvalue weighted by molar-refractivity contribution is 5.03. The van der Waals surface area contributed by atoms with Crippen molar-refractivity contribution in [3.05, 3.63) is 0 Å². The van der Waals surface area contributed by atoms with Gasteiger partial charge in [-0.15, -0.1) is 0 Å². The van der Waals surface area contributed by atoms with Crippen molar-refractivity contribution in [3.8, 4) is 11.8 Å². The van der Waals surface area contributed by atoms with Gasteiger partial charge in [0.15, 0.2) is 0 Å². The molecule has 2 heteroatoms. The van der Waals surface area contributed by atoms with Crippen molar-refractivity contribution in [1.82, 2.24) is 9.80 Å². The fourth-order valence-corrected chi connectivity index (χ4v) is 2.57. The summed E-state index contributed by atoms with van der Waals surface area (Å²) in [6.07, 6.45) is 8.30. The molecule has 2 fully saturated rings. The number of likely N-dealkylation sites (tertiary alicyclic amines) is 2. The molecule has 2 nitrogen and oxygen atoms in total. The highest BCUT2D eigenvalue weighted by atomic mass is 15.1. The molecule has 16 heavy (non-hydrogen) atoms. The van der Waals surface area contributed by atoms with Crippen LogP contribution in [0.1, 0.15) is 38.5 Å². The number of hydrogen-bond donors (Lipinski definition) is 0. The molecule has 2 aliphatic rings. The normalized spacial score (nSPS) is 23.8. The summed E-state index contributed by atoms with van der Waals surface area (Å²) in [5.41, 5.74) is 0. The van der Waals surface area contributed by atoms with E-state index in [2.05, 4.69) is 21.6 Å². The van der Waals surface area contributed by atoms with E-state index >= 15 is 0 Å². The van der Waals surface area contributed by atoms with Crippen LogP contribution in [-0.4, -0.2) is 49.1 Å². The maximum atomic E-state index is 3.34. The zero-order valence-electron chi connectivity index (χ0n) is 10.4. The summed E-state index contributed by atoms with van der Waals surface area (Å²) in [5.74, 6) is 6.67. The van der Waals surface area contributed by atoms with Crippen LogP contribution in [-0.2, 0) is 0 Å². The molecule has 2 heterocycles. The van der Waals surface area contributed by atoms with Crippen LogP contribution in [0.4, 0.5) is 0 Å². The van der Waals surface area contributed by atoms with Crippen molar-refractivity contribution in [3.63, 3.8) is 0 Å². The number of nitrogens with zero attached hydrogens (tertiary/aromatic N) is 2. The summed E-state index contributed by atoms with van der Waals surface area (Å²) in [6.45, 7) is 7.04. The van der Waals surface area contributed by atoms with Crippen LogP contribution in [0.5, 0.6) is 0 Å². The van der Waals surface area contributed by atoms with Crippen molar-refractivity contribution in [1.29, 1.82) is 0 Å². The molecule has 0 N–H and O–H groups in total. The largest absolute Gasteiger partial charge is 0.292 e. The molecule has 2 saturated heterocycles. The Morgan fingerprint density at radius 3 is 1.31 bits per heavy atom. The first-order valence-electron chi connectivity index (χ1n) is 6.85. The van der Waals surface area contributed by atoms with E-state index < -0.39 is 0 Å². The van der Waals surface area contributed by atoms with Crippen LogP contribution in [0.15, 0.2) is 0 Å². The average molecular weight is 220 g/mol. The van der Waals surface area contributed by atoms with Crippen molar-refractivity contribution < 1.29 is 0 Å². The standard InChI is InChI=1S/C14H24N2/c1-3-9-15(10-4-1)13-7-8-14-16-11-5-2-6-12-16/h1-6,9-14H2. The number of hydrogen-bond acceptors (Lipinski definition) is 2. The van der Waals surface area contributed by atoms with Gasteiger partial charge < -0.3 is 0 Å². The molecule has 0 aromatic rings. The average Bonchev–Trinajstić information content (AvgIpc) is 2.37. The highest BCUT2D eigenvalue weighted by Gasteiger charge is 2.08. The van der Waals surface area contributed by atoms with E-state index in [4.69, 9.17) is 0 Å². The predicted octanol–water partition coefficient (Wildman–Crippen LogP) is 1.96. The minimum atomic E-state index is 0.994. The Labute approximate surface area is 100.0 Å². The first kappa shape index (κ1) is 12.0. The molecule has 0 atom stereocenters. The van der Waals surface area contributed by atoms with Gasteiger partial charge in [-0.05, 0) is 51.9 Å². The smallest absolute Gasteiger partial charge is 0.0602 e. The summed E-state index contributed by atoms with van der Waals surface area (Å²) in [6, 6.07) is 0. The molecular weight excluding hydrogens is 196 g/mol.